The molecule has 0 saturated carbocycles. The number of benzene rings is 1. The molecule has 2 aromatic heterocycles. The first-order valence-electron chi connectivity index (χ1n) is 6.11. The molecule has 3 rings (SSSR count). The standard InChI is InChI=1S/C15H12BrN3O/c1-19-9-11(16)7-14(19)15(20)18-13-4-2-3-10-5-6-17-8-12(10)13/h2-9H,1H3,(H,18,20). The van der Waals surface area contributed by atoms with Crippen molar-refractivity contribution in [2.24, 2.45) is 7.05 Å². The van der Waals surface area contributed by atoms with Crippen LogP contribution >= 0.6 is 15.9 Å². The number of rotatable bonds is 2. The third kappa shape index (κ3) is 2.32. The minimum atomic E-state index is -0.144. The summed E-state index contributed by atoms with van der Waals surface area (Å²) in [6.45, 7) is 0. The van der Waals surface area contributed by atoms with Gasteiger partial charge in [-0.05, 0) is 39.5 Å². The number of anilines is 1. The van der Waals surface area contributed by atoms with Gasteiger partial charge >= 0.3 is 0 Å². The highest BCUT2D eigenvalue weighted by atomic mass is 79.9. The Labute approximate surface area is 124 Å². The number of aryl methyl sites for hydroxylation is 1. The van der Waals surface area contributed by atoms with Crippen LogP contribution in [0.15, 0.2) is 53.4 Å². The molecule has 5 heteroatoms. The number of carbonyl (C=O) groups is 1. The van der Waals surface area contributed by atoms with Gasteiger partial charge in [-0.2, -0.15) is 0 Å². The molecule has 0 radical (unpaired) electrons. The van der Waals surface area contributed by atoms with Crippen LogP contribution in [0.4, 0.5) is 5.69 Å². The Balaban J connectivity index is 1.97. The highest BCUT2D eigenvalue weighted by molar-refractivity contribution is 9.10. The molecule has 20 heavy (non-hydrogen) atoms. The van der Waals surface area contributed by atoms with Crippen molar-refractivity contribution in [2.75, 3.05) is 5.32 Å². The molecule has 1 aromatic carbocycles. The Morgan fingerprint density at radius 2 is 2.20 bits per heavy atom. The summed E-state index contributed by atoms with van der Waals surface area (Å²) in [5.41, 5.74) is 1.36. The van der Waals surface area contributed by atoms with E-state index in [0.717, 1.165) is 20.9 Å². The lowest BCUT2D eigenvalue weighted by Gasteiger charge is -2.08. The van der Waals surface area contributed by atoms with Crippen LogP contribution in [-0.2, 0) is 7.05 Å². The van der Waals surface area contributed by atoms with E-state index in [4.69, 9.17) is 0 Å². The molecular weight excluding hydrogens is 318 g/mol. The molecule has 1 N–H and O–H groups in total. The maximum atomic E-state index is 12.3. The van der Waals surface area contributed by atoms with Crippen molar-refractivity contribution < 1.29 is 4.79 Å². The van der Waals surface area contributed by atoms with Crippen molar-refractivity contribution in [2.45, 2.75) is 0 Å². The predicted molar refractivity (Wildman–Crippen MR) is 82.8 cm³/mol. The zero-order valence-corrected chi connectivity index (χ0v) is 12.4. The highest BCUT2D eigenvalue weighted by Gasteiger charge is 2.12. The first-order valence-corrected chi connectivity index (χ1v) is 6.90. The first kappa shape index (κ1) is 12.9. The van der Waals surface area contributed by atoms with Crippen LogP contribution in [0.25, 0.3) is 10.8 Å². The topological polar surface area (TPSA) is 46.9 Å². The fourth-order valence-electron chi connectivity index (χ4n) is 2.16. The number of nitrogens with zero attached hydrogens (tertiary/aromatic N) is 2. The summed E-state index contributed by atoms with van der Waals surface area (Å²) in [6, 6.07) is 9.49. The largest absolute Gasteiger partial charge is 0.345 e. The van der Waals surface area contributed by atoms with Gasteiger partial charge in [-0.3, -0.25) is 9.78 Å². The summed E-state index contributed by atoms with van der Waals surface area (Å²) >= 11 is 3.37. The number of aromatic nitrogens is 2. The smallest absolute Gasteiger partial charge is 0.272 e. The van der Waals surface area contributed by atoms with Gasteiger partial charge in [0.15, 0.2) is 0 Å². The van der Waals surface area contributed by atoms with Crippen molar-refractivity contribution in [3.05, 3.63) is 59.1 Å². The number of nitrogens with one attached hydrogen (secondary N) is 1. The number of hydrogen-bond donors (Lipinski definition) is 1. The summed E-state index contributed by atoms with van der Waals surface area (Å²) in [6.07, 6.45) is 5.34. The lowest BCUT2D eigenvalue weighted by molar-refractivity contribution is 0.101. The fourth-order valence-corrected chi connectivity index (χ4v) is 2.68. The van der Waals surface area contributed by atoms with E-state index in [0.29, 0.717) is 5.69 Å². The zero-order chi connectivity index (χ0) is 14.1. The first-order chi connectivity index (χ1) is 9.65. The zero-order valence-electron chi connectivity index (χ0n) is 10.8. The van der Waals surface area contributed by atoms with Gasteiger partial charge < -0.3 is 9.88 Å². The van der Waals surface area contributed by atoms with Gasteiger partial charge in [-0.1, -0.05) is 12.1 Å². The van der Waals surface area contributed by atoms with Crippen LogP contribution < -0.4 is 5.32 Å². The van der Waals surface area contributed by atoms with Gasteiger partial charge in [0.25, 0.3) is 5.91 Å². The average Bonchev–Trinajstić information content (AvgIpc) is 2.78. The van der Waals surface area contributed by atoms with Gasteiger partial charge in [-0.15, -0.1) is 0 Å². The number of pyridine rings is 1. The molecule has 0 bridgehead atoms. The monoisotopic (exact) mass is 329 g/mol. The molecule has 0 saturated heterocycles. The van der Waals surface area contributed by atoms with Crippen LogP contribution in [0.2, 0.25) is 0 Å². The molecule has 0 aliphatic rings. The second-order valence-corrected chi connectivity index (χ2v) is 5.43. The Morgan fingerprint density at radius 1 is 1.35 bits per heavy atom. The third-order valence-electron chi connectivity index (χ3n) is 3.14. The van der Waals surface area contributed by atoms with Crippen LogP contribution in [0.3, 0.4) is 0 Å². The van der Waals surface area contributed by atoms with Gasteiger partial charge in [0.1, 0.15) is 5.69 Å². The summed E-state index contributed by atoms with van der Waals surface area (Å²) in [4.78, 5) is 16.4. The van der Waals surface area contributed by atoms with E-state index in [-0.39, 0.29) is 5.91 Å². The quantitative estimate of drug-likeness (QED) is 0.781. The number of fused-ring (bicyclic) bond motifs is 1. The number of carbonyl (C=O) groups excluding carboxylic acids is 1. The SMILES string of the molecule is Cn1cc(Br)cc1C(=O)Nc1cccc2ccncc12. The molecule has 4 nitrogen and oxygen atoms in total. The molecule has 0 atom stereocenters. The lowest BCUT2D eigenvalue weighted by atomic mass is 10.1. The molecule has 0 spiro atoms. The summed E-state index contributed by atoms with van der Waals surface area (Å²) in [5.74, 6) is -0.144. The average molecular weight is 330 g/mol. The van der Waals surface area contributed by atoms with Crippen LogP contribution in [0.1, 0.15) is 10.5 Å². The van der Waals surface area contributed by atoms with E-state index in [1.54, 1.807) is 23.0 Å². The highest BCUT2D eigenvalue weighted by Crippen LogP contribution is 2.23. The van der Waals surface area contributed by atoms with E-state index in [2.05, 4.69) is 26.2 Å². The third-order valence-corrected chi connectivity index (χ3v) is 3.57. The van der Waals surface area contributed by atoms with Crippen molar-refractivity contribution in [3.63, 3.8) is 0 Å². The molecule has 1 amide bonds. The maximum Gasteiger partial charge on any atom is 0.272 e. The second kappa shape index (κ2) is 5.09. The van der Waals surface area contributed by atoms with E-state index >= 15 is 0 Å². The summed E-state index contributed by atoms with van der Waals surface area (Å²) in [5, 5.41) is 4.91. The Hall–Kier alpha value is -2.14. The van der Waals surface area contributed by atoms with Crippen LogP contribution in [0, 0.1) is 0 Å². The Kier molecular flexibility index (Phi) is 3.28. The molecule has 0 aliphatic heterocycles. The predicted octanol–water partition coefficient (Wildman–Crippen LogP) is 3.59. The molecular formula is C15H12BrN3O. The van der Waals surface area contributed by atoms with E-state index in [1.807, 2.05) is 37.5 Å². The van der Waals surface area contributed by atoms with E-state index in [9.17, 15) is 4.79 Å². The van der Waals surface area contributed by atoms with E-state index < -0.39 is 0 Å². The second-order valence-electron chi connectivity index (χ2n) is 4.51. The summed E-state index contributed by atoms with van der Waals surface area (Å²) in [7, 11) is 1.84. The van der Waals surface area contributed by atoms with Crippen molar-refractivity contribution in [1.82, 2.24) is 9.55 Å². The number of halogens is 1. The van der Waals surface area contributed by atoms with Gasteiger partial charge in [0.05, 0.1) is 5.69 Å². The number of amides is 1. The lowest BCUT2D eigenvalue weighted by Crippen LogP contribution is -2.15. The van der Waals surface area contributed by atoms with Gasteiger partial charge in [0, 0.05) is 35.5 Å². The number of hydrogen-bond acceptors (Lipinski definition) is 2. The summed E-state index contributed by atoms with van der Waals surface area (Å²) < 4.78 is 2.66. The van der Waals surface area contributed by atoms with Gasteiger partial charge in [-0.25, -0.2) is 0 Å². The van der Waals surface area contributed by atoms with Crippen molar-refractivity contribution in [3.8, 4) is 0 Å². The maximum absolute atomic E-state index is 12.3. The fraction of sp³-hybridized carbons (Fsp3) is 0.0667. The molecule has 0 fully saturated rings. The van der Waals surface area contributed by atoms with Crippen molar-refractivity contribution >= 4 is 38.3 Å². The molecule has 2 heterocycles. The molecule has 100 valence electrons. The van der Waals surface area contributed by atoms with Gasteiger partial charge in [0.2, 0.25) is 0 Å². The van der Waals surface area contributed by atoms with Crippen LogP contribution in [0.5, 0.6) is 0 Å². The Morgan fingerprint density at radius 3 is 2.95 bits per heavy atom. The normalized spacial score (nSPS) is 10.7. The molecule has 0 aliphatic carbocycles. The van der Waals surface area contributed by atoms with Crippen LogP contribution in [-0.4, -0.2) is 15.5 Å². The molecule has 0 unspecified atom stereocenters. The van der Waals surface area contributed by atoms with E-state index in [1.165, 1.54) is 0 Å². The Bertz CT molecular complexity index is 789. The van der Waals surface area contributed by atoms with Crippen molar-refractivity contribution in [1.29, 1.82) is 0 Å². The minimum absolute atomic E-state index is 0.144. The molecule has 3 aromatic rings. The minimum Gasteiger partial charge on any atom is -0.345 e.